The van der Waals surface area contributed by atoms with Gasteiger partial charge in [-0.15, -0.1) is 11.3 Å². The van der Waals surface area contributed by atoms with Crippen molar-refractivity contribution in [1.29, 1.82) is 0 Å². The molecule has 3 N–H and O–H groups in total. The molecule has 0 spiro atoms. The molecule has 0 saturated heterocycles. The number of benzene rings is 1. The van der Waals surface area contributed by atoms with E-state index in [1.807, 2.05) is 6.07 Å². The summed E-state index contributed by atoms with van der Waals surface area (Å²) in [7, 11) is 0. The minimum Gasteiger partial charge on any atom is -0.506 e. The molecule has 13 heavy (non-hydrogen) atoms. The molecular formula is C10H11NOS. The minimum atomic E-state index is 0.178. The molecular weight excluding hydrogens is 182 g/mol. The van der Waals surface area contributed by atoms with Crippen molar-refractivity contribution < 1.29 is 5.11 Å². The van der Waals surface area contributed by atoms with Gasteiger partial charge in [0.05, 0.1) is 5.69 Å². The van der Waals surface area contributed by atoms with Crippen molar-refractivity contribution in [1.82, 2.24) is 0 Å². The van der Waals surface area contributed by atoms with Crippen molar-refractivity contribution in [2.24, 2.45) is 0 Å². The zero-order valence-electron chi connectivity index (χ0n) is 7.37. The van der Waals surface area contributed by atoms with E-state index >= 15 is 0 Å². The average molecular weight is 193 g/mol. The van der Waals surface area contributed by atoms with Crippen LogP contribution in [0.3, 0.4) is 0 Å². The zero-order chi connectivity index (χ0) is 9.42. The topological polar surface area (TPSA) is 46.2 Å². The Morgan fingerprint density at radius 2 is 2.15 bits per heavy atom. The molecule has 68 valence electrons. The fourth-order valence-electron chi connectivity index (χ4n) is 1.32. The highest BCUT2D eigenvalue weighted by Crippen LogP contribution is 2.32. The van der Waals surface area contributed by atoms with E-state index in [2.05, 4.69) is 13.0 Å². The Hall–Kier alpha value is -1.22. The number of hydrogen-bond donors (Lipinski definition) is 2. The highest BCUT2D eigenvalue weighted by molar-refractivity contribution is 7.19. The van der Waals surface area contributed by atoms with Gasteiger partial charge in [0, 0.05) is 9.58 Å². The molecule has 2 nitrogen and oxygen atoms in total. The van der Waals surface area contributed by atoms with Crippen molar-refractivity contribution in [2.75, 3.05) is 5.73 Å². The molecule has 0 amide bonds. The summed E-state index contributed by atoms with van der Waals surface area (Å²) >= 11 is 1.70. The molecule has 0 atom stereocenters. The lowest BCUT2D eigenvalue weighted by molar-refractivity contribution is 0.479. The number of hydrogen-bond acceptors (Lipinski definition) is 3. The minimum absolute atomic E-state index is 0.178. The first-order valence-electron chi connectivity index (χ1n) is 4.21. The van der Waals surface area contributed by atoms with Gasteiger partial charge in [0.1, 0.15) is 5.75 Å². The Morgan fingerprint density at radius 3 is 2.85 bits per heavy atom. The quantitative estimate of drug-likeness (QED) is 0.540. The second-order valence-electron chi connectivity index (χ2n) is 3.02. The number of anilines is 1. The Balaban J connectivity index is 2.70. The van der Waals surface area contributed by atoms with Crippen molar-refractivity contribution in [2.45, 2.75) is 13.3 Å². The molecule has 0 bridgehead atoms. The molecule has 0 unspecified atom stereocenters. The molecule has 0 aliphatic heterocycles. The molecule has 0 radical (unpaired) electrons. The number of nitrogen functional groups attached to an aromatic ring is 1. The van der Waals surface area contributed by atoms with E-state index in [-0.39, 0.29) is 5.75 Å². The van der Waals surface area contributed by atoms with E-state index in [1.165, 1.54) is 4.88 Å². The molecule has 1 aromatic carbocycles. The zero-order valence-corrected chi connectivity index (χ0v) is 8.19. The van der Waals surface area contributed by atoms with Gasteiger partial charge in [0.15, 0.2) is 0 Å². The summed E-state index contributed by atoms with van der Waals surface area (Å²) in [6.07, 6.45) is 1.03. The first-order valence-corrected chi connectivity index (χ1v) is 5.03. The summed E-state index contributed by atoms with van der Waals surface area (Å²) in [5, 5.41) is 10.5. The predicted molar refractivity (Wildman–Crippen MR) is 57.3 cm³/mol. The van der Waals surface area contributed by atoms with Crippen LogP contribution < -0.4 is 5.73 Å². The molecule has 1 heterocycles. The van der Waals surface area contributed by atoms with Crippen molar-refractivity contribution in [3.8, 4) is 5.75 Å². The first-order chi connectivity index (χ1) is 6.20. The van der Waals surface area contributed by atoms with E-state index in [0.717, 1.165) is 16.5 Å². The van der Waals surface area contributed by atoms with Gasteiger partial charge in [-0.3, -0.25) is 0 Å². The molecule has 1 aromatic heterocycles. The number of rotatable bonds is 1. The standard InChI is InChI=1S/C10H11NOS/c1-2-7-3-6-4-8(11)9(12)5-10(6)13-7/h3-5,12H,2,11H2,1H3. The monoisotopic (exact) mass is 193 g/mol. The van der Waals surface area contributed by atoms with E-state index in [4.69, 9.17) is 5.73 Å². The normalized spacial score (nSPS) is 10.8. The third-order valence-corrected chi connectivity index (χ3v) is 3.31. The van der Waals surface area contributed by atoms with Crippen LogP contribution in [0.25, 0.3) is 10.1 Å². The summed E-state index contributed by atoms with van der Waals surface area (Å²) in [6.45, 7) is 2.12. The number of aromatic hydroxyl groups is 1. The van der Waals surface area contributed by atoms with E-state index < -0.39 is 0 Å². The molecule has 2 rings (SSSR count). The molecule has 2 aromatic rings. The second kappa shape index (κ2) is 2.92. The Bertz CT molecular complexity index is 408. The van der Waals surface area contributed by atoms with Crippen LogP contribution in [0.4, 0.5) is 5.69 Å². The van der Waals surface area contributed by atoms with Crippen LogP contribution in [0, 0.1) is 0 Å². The number of phenols is 1. The number of nitrogens with two attached hydrogens (primary N) is 1. The van der Waals surface area contributed by atoms with Gasteiger partial charge in [0.2, 0.25) is 0 Å². The van der Waals surface area contributed by atoms with Gasteiger partial charge in [-0.2, -0.15) is 0 Å². The van der Waals surface area contributed by atoms with E-state index in [1.54, 1.807) is 17.4 Å². The number of phenolic OH excluding ortho intramolecular Hbond substituents is 1. The molecule has 0 fully saturated rings. The third kappa shape index (κ3) is 1.35. The summed E-state index contributed by atoms with van der Waals surface area (Å²) in [6, 6.07) is 5.67. The van der Waals surface area contributed by atoms with Crippen LogP contribution in [-0.4, -0.2) is 5.11 Å². The lowest BCUT2D eigenvalue weighted by atomic mass is 10.2. The number of aryl methyl sites for hydroxylation is 1. The highest BCUT2D eigenvalue weighted by Gasteiger charge is 2.03. The average Bonchev–Trinajstić information content (AvgIpc) is 2.48. The van der Waals surface area contributed by atoms with Crippen molar-refractivity contribution in [3.63, 3.8) is 0 Å². The van der Waals surface area contributed by atoms with E-state index in [9.17, 15) is 5.11 Å². The maximum absolute atomic E-state index is 9.38. The fraction of sp³-hybridized carbons (Fsp3) is 0.200. The first kappa shape index (κ1) is 8.38. The SMILES string of the molecule is CCc1cc2cc(N)c(O)cc2s1. The molecule has 0 saturated carbocycles. The van der Waals surface area contributed by atoms with Gasteiger partial charge < -0.3 is 10.8 Å². The summed E-state index contributed by atoms with van der Waals surface area (Å²) < 4.78 is 1.10. The lowest BCUT2D eigenvalue weighted by Gasteiger charge is -1.96. The lowest BCUT2D eigenvalue weighted by Crippen LogP contribution is -1.83. The van der Waals surface area contributed by atoms with E-state index in [0.29, 0.717) is 5.69 Å². The van der Waals surface area contributed by atoms with Gasteiger partial charge in [-0.1, -0.05) is 6.92 Å². The van der Waals surface area contributed by atoms with Crippen LogP contribution in [0.15, 0.2) is 18.2 Å². The van der Waals surface area contributed by atoms with Crippen LogP contribution >= 0.6 is 11.3 Å². The summed E-state index contributed by atoms with van der Waals surface area (Å²) in [5.74, 6) is 0.178. The molecule has 3 heteroatoms. The Kier molecular flexibility index (Phi) is 1.88. The van der Waals surface area contributed by atoms with Crippen LogP contribution in [0.5, 0.6) is 5.75 Å². The van der Waals surface area contributed by atoms with Crippen LogP contribution in [0.1, 0.15) is 11.8 Å². The molecule has 0 aliphatic carbocycles. The fourth-order valence-corrected chi connectivity index (χ4v) is 2.34. The van der Waals surface area contributed by atoms with Crippen LogP contribution in [-0.2, 0) is 6.42 Å². The van der Waals surface area contributed by atoms with Gasteiger partial charge in [-0.05, 0) is 30.0 Å². The number of fused-ring (bicyclic) bond motifs is 1. The summed E-state index contributed by atoms with van der Waals surface area (Å²) in [5.41, 5.74) is 6.04. The highest BCUT2D eigenvalue weighted by atomic mass is 32.1. The van der Waals surface area contributed by atoms with Gasteiger partial charge in [0.25, 0.3) is 0 Å². The molecule has 0 aliphatic rings. The van der Waals surface area contributed by atoms with Gasteiger partial charge in [-0.25, -0.2) is 0 Å². The predicted octanol–water partition coefficient (Wildman–Crippen LogP) is 2.75. The Labute approximate surface area is 80.6 Å². The van der Waals surface area contributed by atoms with Gasteiger partial charge >= 0.3 is 0 Å². The number of thiophene rings is 1. The second-order valence-corrected chi connectivity index (χ2v) is 4.18. The maximum atomic E-state index is 9.38. The van der Waals surface area contributed by atoms with Crippen LogP contribution in [0.2, 0.25) is 0 Å². The van der Waals surface area contributed by atoms with Crippen molar-refractivity contribution in [3.05, 3.63) is 23.1 Å². The van der Waals surface area contributed by atoms with Crippen molar-refractivity contribution >= 4 is 27.1 Å². The summed E-state index contributed by atoms with van der Waals surface area (Å²) in [4.78, 5) is 1.32. The largest absolute Gasteiger partial charge is 0.506 e. The third-order valence-electron chi connectivity index (χ3n) is 2.07. The smallest absolute Gasteiger partial charge is 0.139 e. The maximum Gasteiger partial charge on any atom is 0.139 e. The Morgan fingerprint density at radius 1 is 1.38 bits per heavy atom.